The minimum absolute atomic E-state index is 0.0259. The van der Waals surface area contributed by atoms with Crippen molar-refractivity contribution in [1.82, 2.24) is 14.7 Å². The number of carbonyl (C=O) groups excluding carboxylic acids is 1. The molecule has 1 amide bonds. The lowest BCUT2D eigenvalue weighted by molar-refractivity contribution is 0.0688. The fourth-order valence-corrected chi connectivity index (χ4v) is 3.07. The number of amides is 1. The second-order valence-corrected chi connectivity index (χ2v) is 6.41. The molecule has 2 heterocycles. The molecular weight excluding hydrogens is 330 g/mol. The number of rotatable bonds is 3. The van der Waals surface area contributed by atoms with E-state index in [2.05, 4.69) is 5.10 Å². The molecule has 1 N–H and O–H groups in total. The number of carboxylic acid groups (broad SMARTS) is 1. The Hall–Kier alpha value is -2.34. The monoisotopic (exact) mass is 347 g/mol. The van der Waals surface area contributed by atoms with Gasteiger partial charge in [-0.2, -0.15) is 5.10 Å². The molecule has 0 radical (unpaired) electrons. The maximum Gasteiger partial charge on any atom is 0.338 e. The first-order valence-corrected chi connectivity index (χ1v) is 8.16. The summed E-state index contributed by atoms with van der Waals surface area (Å²) in [6, 6.07) is 5.46. The molecule has 1 fully saturated rings. The minimum Gasteiger partial charge on any atom is -0.478 e. The van der Waals surface area contributed by atoms with E-state index in [9.17, 15) is 9.59 Å². The Morgan fingerprint density at radius 2 is 1.96 bits per heavy atom. The highest BCUT2D eigenvalue weighted by molar-refractivity contribution is 6.31. The van der Waals surface area contributed by atoms with Gasteiger partial charge in [0.2, 0.25) is 0 Å². The number of hydrogen-bond acceptors (Lipinski definition) is 3. The molecule has 1 aliphatic rings. The van der Waals surface area contributed by atoms with Crippen molar-refractivity contribution in [3.05, 3.63) is 52.3 Å². The van der Waals surface area contributed by atoms with Crippen molar-refractivity contribution in [2.75, 3.05) is 13.1 Å². The lowest BCUT2D eigenvalue weighted by Gasteiger charge is -2.32. The zero-order chi connectivity index (χ0) is 17.3. The first kappa shape index (κ1) is 16.5. The Bertz CT molecular complexity index is 779. The topological polar surface area (TPSA) is 75.4 Å². The number of benzene rings is 1. The zero-order valence-electron chi connectivity index (χ0n) is 13.3. The van der Waals surface area contributed by atoms with Crippen LogP contribution in [0.5, 0.6) is 0 Å². The molecule has 1 aliphatic heterocycles. The summed E-state index contributed by atoms with van der Waals surface area (Å²) in [5.74, 6) is -1.01. The van der Waals surface area contributed by atoms with E-state index in [0.29, 0.717) is 23.7 Å². The van der Waals surface area contributed by atoms with Crippen molar-refractivity contribution in [1.29, 1.82) is 0 Å². The summed E-state index contributed by atoms with van der Waals surface area (Å²) >= 11 is 6.10. The summed E-state index contributed by atoms with van der Waals surface area (Å²) in [4.78, 5) is 25.3. The van der Waals surface area contributed by atoms with Gasteiger partial charge < -0.3 is 10.0 Å². The van der Waals surface area contributed by atoms with Crippen molar-refractivity contribution >= 4 is 23.5 Å². The van der Waals surface area contributed by atoms with Crippen molar-refractivity contribution in [3.8, 4) is 0 Å². The normalized spacial score (nSPS) is 15.5. The van der Waals surface area contributed by atoms with Gasteiger partial charge in [0.05, 0.1) is 17.8 Å². The number of piperidine rings is 1. The van der Waals surface area contributed by atoms with E-state index in [0.717, 1.165) is 18.4 Å². The average Bonchev–Trinajstić information content (AvgIpc) is 3.07. The van der Waals surface area contributed by atoms with Gasteiger partial charge in [-0.05, 0) is 37.5 Å². The lowest BCUT2D eigenvalue weighted by Crippen LogP contribution is -2.39. The van der Waals surface area contributed by atoms with Crippen LogP contribution in [0.3, 0.4) is 0 Å². The van der Waals surface area contributed by atoms with Gasteiger partial charge in [-0.3, -0.25) is 9.48 Å². The Labute approximate surface area is 144 Å². The molecule has 3 rings (SSSR count). The molecule has 2 aromatic rings. The van der Waals surface area contributed by atoms with E-state index in [-0.39, 0.29) is 17.5 Å². The molecule has 0 saturated carbocycles. The van der Waals surface area contributed by atoms with Gasteiger partial charge >= 0.3 is 5.97 Å². The van der Waals surface area contributed by atoms with Gasteiger partial charge in [0.25, 0.3) is 5.91 Å². The van der Waals surface area contributed by atoms with Crippen molar-refractivity contribution < 1.29 is 14.7 Å². The highest BCUT2D eigenvalue weighted by atomic mass is 35.5. The quantitative estimate of drug-likeness (QED) is 0.926. The number of carbonyl (C=O) groups is 2. The van der Waals surface area contributed by atoms with Crippen molar-refractivity contribution in [2.45, 2.75) is 25.8 Å². The molecular formula is C17H18ClN3O3. The number of aryl methyl sites for hydroxylation is 1. The van der Waals surface area contributed by atoms with Crippen LogP contribution in [-0.4, -0.2) is 44.8 Å². The highest BCUT2D eigenvalue weighted by Crippen LogP contribution is 2.24. The average molecular weight is 348 g/mol. The molecule has 0 bridgehead atoms. The Morgan fingerprint density at radius 3 is 2.54 bits per heavy atom. The van der Waals surface area contributed by atoms with Crippen molar-refractivity contribution in [2.24, 2.45) is 0 Å². The molecule has 0 spiro atoms. The molecule has 1 aromatic carbocycles. The van der Waals surface area contributed by atoms with Crippen molar-refractivity contribution in [3.63, 3.8) is 0 Å². The van der Waals surface area contributed by atoms with E-state index in [4.69, 9.17) is 16.7 Å². The number of likely N-dealkylation sites (tertiary alicyclic amines) is 1. The summed E-state index contributed by atoms with van der Waals surface area (Å²) in [7, 11) is 0. The molecule has 1 aromatic heterocycles. The second-order valence-electron chi connectivity index (χ2n) is 6.00. The standard InChI is InChI=1S/C17H18ClN3O3/c1-11-2-3-12(8-15(11)18)16(22)20-6-4-14(5-7-20)21-10-13(9-19-21)17(23)24/h2-3,8-10,14H,4-7H2,1H3,(H,23,24). The van der Waals surface area contributed by atoms with Crippen LogP contribution in [0, 0.1) is 6.92 Å². The van der Waals surface area contributed by atoms with Crippen LogP contribution in [0.2, 0.25) is 5.02 Å². The fourth-order valence-electron chi connectivity index (χ4n) is 2.89. The fraction of sp³-hybridized carbons (Fsp3) is 0.353. The molecule has 126 valence electrons. The van der Waals surface area contributed by atoms with E-state index >= 15 is 0 Å². The molecule has 7 heteroatoms. The van der Waals surface area contributed by atoms with Gasteiger partial charge in [0, 0.05) is 29.9 Å². The molecule has 24 heavy (non-hydrogen) atoms. The van der Waals surface area contributed by atoms with Crippen LogP contribution in [0.1, 0.15) is 45.2 Å². The molecule has 1 saturated heterocycles. The number of carboxylic acids is 1. The van der Waals surface area contributed by atoms with Crippen LogP contribution in [0.25, 0.3) is 0 Å². The third kappa shape index (κ3) is 3.28. The summed E-state index contributed by atoms with van der Waals surface area (Å²) in [6.45, 7) is 3.12. The molecule has 0 unspecified atom stereocenters. The van der Waals surface area contributed by atoms with E-state index in [1.54, 1.807) is 27.9 Å². The van der Waals surface area contributed by atoms with Gasteiger partial charge in [-0.15, -0.1) is 0 Å². The van der Waals surface area contributed by atoms with E-state index < -0.39 is 5.97 Å². The number of nitrogens with zero attached hydrogens (tertiary/aromatic N) is 3. The van der Waals surface area contributed by atoms with E-state index in [1.807, 2.05) is 13.0 Å². The summed E-state index contributed by atoms with van der Waals surface area (Å²) in [5.41, 5.74) is 1.72. The van der Waals surface area contributed by atoms with Gasteiger partial charge in [0.15, 0.2) is 0 Å². The summed E-state index contributed by atoms with van der Waals surface area (Å²) in [5, 5.41) is 13.7. The number of aromatic carboxylic acids is 1. The number of aromatic nitrogens is 2. The Morgan fingerprint density at radius 1 is 1.25 bits per heavy atom. The Balaban J connectivity index is 1.64. The number of hydrogen-bond donors (Lipinski definition) is 1. The third-order valence-electron chi connectivity index (χ3n) is 4.39. The zero-order valence-corrected chi connectivity index (χ0v) is 14.0. The Kier molecular flexibility index (Phi) is 4.57. The highest BCUT2D eigenvalue weighted by Gasteiger charge is 2.25. The van der Waals surface area contributed by atoms with E-state index in [1.165, 1.54) is 6.20 Å². The molecule has 6 nitrogen and oxygen atoms in total. The van der Waals surface area contributed by atoms with Crippen LogP contribution < -0.4 is 0 Å². The summed E-state index contributed by atoms with van der Waals surface area (Å²) < 4.78 is 1.69. The van der Waals surface area contributed by atoms with Gasteiger partial charge in [-0.1, -0.05) is 17.7 Å². The predicted molar refractivity (Wildman–Crippen MR) is 89.5 cm³/mol. The number of halogens is 1. The first-order chi connectivity index (χ1) is 11.5. The minimum atomic E-state index is -0.981. The smallest absolute Gasteiger partial charge is 0.338 e. The maximum atomic E-state index is 12.6. The SMILES string of the molecule is Cc1ccc(C(=O)N2CCC(n3cc(C(=O)O)cn3)CC2)cc1Cl. The molecule has 0 aliphatic carbocycles. The van der Waals surface area contributed by atoms with Gasteiger partial charge in [-0.25, -0.2) is 4.79 Å². The van der Waals surface area contributed by atoms with Crippen LogP contribution in [0.4, 0.5) is 0 Å². The lowest BCUT2D eigenvalue weighted by atomic mass is 10.0. The maximum absolute atomic E-state index is 12.6. The predicted octanol–water partition coefficient (Wildman–Crippen LogP) is 3.02. The largest absolute Gasteiger partial charge is 0.478 e. The van der Waals surface area contributed by atoms with Crippen LogP contribution in [0.15, 0.2) is 30.6 Å². The van der Waals surface area contributed by atoms with Crippen LogP contribution in [-0.2, 0) is 0 Å². The van der Waals surface area contributed by atoms with Gasteiger partial charge in [0.1, 0.15) is 0 Å². The molecule has 0 atom stereocenters. The second kappa shape index (κ2) is 6.65. The first-order valence-electron chi connectivity index (χ1n) is 7.78. The van der Waals surface area contributed by atoms with Crippen LogP contribution >= 0.6 is 11.6 Å². The third-order valence-corrected chi connectivity index (χ3v) is 4.80. The summed E-state index contributed by atoms with van der Waals surface area (Å²) in [6.07, 6.45) is 4.39.